The highest BCUT2D eigenvalue weighted by Crippen LogP contribution is 2.35. The van der Waals surface area contributed by atoms with Crippen LogP contribution in [0, 0.1) is 6.92 Å². The molecule has 2 atom stereocenters. The van der Waals surface area contributed by atoms with Crippen LogP contribution in [0.5, 0.6) is 0 Å². The fraction of sp³-hybridized carbons (Fsp3) is 0.562. The largest absolute Gasteiger partial charge is 0.339 e. The highest BCUT2D eigenvalue weighted by Gasteiger charge is 2.25. The lowest BCUT2D eigenvalue weighted by molar-refractivity contribution is 0.521. The molecule has 0 radical (unpaired) electrons. The summed E-state index contributed by atoms with van der Waals surface area (Å²) in [6.07, 6.45) is 6.54. The molecule has 108 valence electrons. The maximum absolute atomic E-state index is 6.27. The third-order valence-electron chi connectivity index (χ3n) is 4.36. The second-order valence-electron chi connectivity index (χ2n) is 5.75. The predicted molar refractivity (Wildman–Crippen MR) is 84.3 cm³/mol. The zero-order valence-corrected chi connectivity index (χ0v) is 13.3. The second-order valence-corrected chi connectivity index (χ2v) is 6.90. The first kappa shape index (κ1) is 13.8. The van der Waals surface area contributed by atoms with Gasteiger partial charge in [-0.2, -0.15) is 0 Å². The lowest BCUT2D eigenvalue weighted by Gasteiger charge is -2.23. The molecular formula is C16H23N3S. The van der Waals surface area contributed by atoms with Crippen molar-refractivity contribution in [3.05, 3.63) is 39.1 Å². The van der Waals surface area contributed by atoms with Gasteiger partial charge >= 0.3 is 0 Å². The molecule has 1 aliphatic carbocycles. The van der Waals surface area contributed by atoms with Crippen molar-refractivity contribution >= 4 is 11.3 Å². The van der Waals surface area contributed by atoms with E-state index in [2.05, 4.69) is 36.4 Å². The molecule has 2 unspecified atom stereocenters. The molecule has 0 spiro atoms. The summed E-state index contributed by atoms with van der Waals surface area (Å²) in [5, 5.41) is 1.21. The molecule has 0 saturated heterocycles. The fourth-order valence-electron chi connectivity index (χ4n) is 3.29. The summed E-state index contributed by atoms with van der Waals surface area (Å²) in [5.74, 6) is 0. The van der Waals surface area contributed by atoms with Crippen LogP contribution in [0.25, 0.3) is 0 Å². The molecule has 1 aliphatic rings. The van der Waals surface area contributed by atoms with E-state index in [1.54, 1.807) is 0 Å². The van der Waals surface area contributed by atoms with Crippen LogP contribution in [0.4, 0.5) is 0 Å². The molecule has 4 heteroatoms. The number of hydrogen-bond donors (Lipinski definition) is 1. The van der Waals surface area contributed by atoms with Crippen LogP contribution < -0.4 is 5.73 Å². The van der Waals surface area contributed by atoms with Gasteiger partial charge in [-0.15, -0.1) is 11.3 Å². The maximum atomic E-state index is 6.27. The molecule has 2 aromatic heterocycles. The van der Waals surface area contributed by atoms with E-state index in [-0.39, 0.29) is 6.04 Å². The van der Waals surface area contributed by atoms with Crippen LogP contribution in [0.2, 0.25) is 0 Å². The van der Waals surface area contributed by atoms with Crippen molar-refractivity contribution in [2.24, 2.45) is 5.73 Å². The van der Waals surface area contributed by atoms with Gasteiger partial charge in [0, 0.05) is 28.5 Å². The summed E-state index contributed by atoms with van der Waals surface area (Å²) < 4.78 is 2.45. The van der Waals surface area contributed by atoms with Crippen molar-refractivity contribution in [1.29, 1.82) is 0 Å². The summed E-state index contributed by atoms with van der Waals surface area (Å²) in [4.78, 5) is 5.98. The number of nitrogens with zero attached hydrogens (tertiary/aromatic N) is 2. The maximum Gasteiger partial charge on any atom is 0.115 e. The average Bonchev–Trinajstić information content (AvgIpc) is 3.03. The van der Waals surface area contributed by atoms with Gasteiger partial charge in [-0.3, -0.25) is 0 Å². The molecule has 3 rings (SSSR count). The molecule has 2 N–H and O–H groups in total. The molecule has 0 aliphatic heterocycles. The van der Waals surface area contributed by atoms with E-state index < -0.39 is 0 Å². The number of nitrogens with two attached hydrogens (primary N) is 1. The lowest BCUT2D eigenvalue weighted by atomic mass is 9.93. The molecule has 20 heavy (non-hydrogen) atoms. The highest BCUT2D eigenvalue weighted by molar-refractivity contribution is 7.11. The van der Waals surface area contributed by atoms with Gasteiger partial charge in [-0.1, -0.05) is 6.92 Å². The van der Waals surface area contributed by atoms with Crippen LogP contribution >= 0.6 is 11.3 Å². The first-order valence-corrected chi connectivity index (χ1v) is 8.34. The van der Waals surface area contributed by atoms with Crippen molar-refractivity contribution in [1.82, 2.24) is 9.55 Å². The van der Waals surface area contributed by atoms with Crippen molar-refractivity contribution in [3.8, 4) is 0 Å². The monoisotopic (exact) mass is 289 g/mol. The molecule has 3 nitrogen and oxygen atoms in total. The molecule has 2 heterocycles. The number of aromatic nitrogens is 2. The SMILES string of the molecule is CCc1cnc(C(C)n2c(C)cc3c2CCCC3N)s1. The Morgan fingerprint density at radius 1 is 1.55 bits per heavy atom. The topological polar surface area (TPSA) is 43.8 Å². The van der Waals surface area contributed by atoms with Crippen LogP contribution in [0.3, 0.4) is 0 Å². The van der Waals surface area contributed by atoms with Crippen molar-refractivity contribution in [2.75, 3.05) is 0 Å². The van der Waals surface area contributed by atoms with Crippen LogP contribution in [-0.2, 0) is 12.8 Å². The van der Waals surface area contributed by atoms with E-state index in [1.807, 2.05) is 17.5 Å². The molecule has 2 aromatic rings. The highest BCUT2D eigenvalue weighted by atomic mass is 32.1. The van der Waals surface area contributed by atoms with Gasteiger partial charge in [-0.05, 0) is 51.2 Å². The van der Waals surface area contributed by atoms with Crippen molar-refractivity contribution in [2.45, 2.75) is 58.5 Å². The summed E-state index contributed by atoms with van der Waals surface area (Å²) in [5.41, 5.74) is 10.4. The van der Waals surface area contributed by atoms with Gasteiger partial charge in [0.2, 0.25) is 0 Å². The zero-order chi connectivity index (χ0) is 14.3. The van der Waals surface area contributed by atoms with Crippen molar-refractivity contribution in [3.63, 3.8) is 0 Å². The normalized spacial score (nSPS) is 19.9. The van der Waals surface area contributed by atoms with E-state index in [0.29, 0.717) is 6.04 Å². The van der Waals surface area contributed by atoms with Gasteiger partial charge in [0.15, 0.2) is 0 Å². The van der Waals surface area contributed by atoms with Gasteiger partial charge in [-0.25, -0.2) is 4.98 Å². The summed E-state index contributed by atoms with van der Waals surface area (Å²) >= 11 is 1.84. The van der Waals surface area contributed by atoms with E-state index in [4.69, 9.17) is 5.73 Å². The Hall–Kier alpha value is -1.13. The van der Waals surface area contributed by atoms with E-state index in [0.717, 1.165) is 19.3 Å². The minimum absolute atomic E-state index is 0.216. The van der Waals surface area contributed by atoms with Gasteiger partial charge in [0.05, 0.1) is 6.04 Å². The molecule has 0 saturated carbocycles. The first-order valence-electron chi connectivity index (χ1n) is 7.52. The first-order chi connectivity index (χ1) is 9.61. The Bertz CT molecular complexity index is 611. The third kappa shape index (κ3) is 2.21. The van der Waals surface area contributed by atoms with Crippen LogP contribution in [-0.4, -0.2) is 9.55 Å². The van der Waals surface area contributed by atoms with Crippen LogP contribution in [0.15, 0.2) is 12.3 Å². The van der Waals surface area contributed by atoms with Gasteiger partial charge < -0.3 is 10.3 Å². The molecule has 0 fully saturated rings. The summed E-state index contributed by atoms with van der Waals surface area (Å²) in [7, 11) is 0. The summed E-state index contributed by atoms with van der Waals surface area (Å²) in [6.45, 7) is 6.63. The number of hydrogen-bond acceptors (Lipinski definition) is 3. The van der Waals surface area contributed by atoms with Crippen molar-refractivity contribution < 1.29 is 0 Å². The van der Waals surface area contributed by atoms with E-state index in [1.165, 1.54) is 33.3 Å². The Morgan fingerprint density at radius 2 is 2.35 bits per heavy atom. The Morgan fingerprint density at radius 3 is 3.05 bits per heavy atom. The molecule has 0 aromatic carbocycles. The number of thiazole rings is 1. The molecular weight excluding hydrogens is 266 g/mol. The van der Waals surface area contributed by atoms with E-state index >= 15 is 0 Å². The number of aryl methyl sites for hydroxylation is 2. The Kier molecular flexibility index (Phi) is 3.69. The lowest BCUT2D eigenvalue weighted by Crippen LogP contribution is -2.20. The standard InChI is InChI=1S/C16H23N3S/c1-4-12-9-18-16(20-12)11(3)19-10(2)8-13-14(17)6-5-7-15(13)19/h8-9,11,14H,4-7,17H2,1-3H3. The molecule has 0 bridgehead atoms. The van der Waals surface area contributed by atoms with Crippen LogP contribution in [0.1, 0.15) is 65.6 Å². The quantitative estimate of drug-likeness (QED) is 0.935. The number of fused-ring (bicyclic) bond motifs is 1. The average molecular weight is 289 g/mol. The second kappa shape index (κ2) is 5.34. The smallest absolute Gasteiger partial charge is 0.115 e. The Balaban J connectivity index is 2.01. The zero-order valence-electron chi connectivity index (χ0n) is 12.5. The molecule has 0 amide bonds. The van der Waals surface area contributed by atoms with Gasteiger partial charge in [0.1, 0.15) is 5.01 Å². The Labute approximate surface area is 124 Å². The fourth-order valence-corrected chi connectivity index (χ4v) is 4.19. The minimum Gasteiger partial charge on any atom is -0.339 e. The summed E-state index contributed by atoms with van der Waals surface area (Å²) in [6, 6.07) is 2.81. The number of rotatable bonds is 3. The third-order valence-corrected chi connectivity index (χ3v) is 5.67. The minimum atomic E-state index is 0.216. The predicted octanol–water partition coefficient (Wildman–Crippen LogP) is 3.76. The van der Waals surface area contributed by atoms with E-state index in [9.17, 15) is 0 Å². The van der Waals surface area contributed by atoms with Gasteiger partial charge in [0.25, 0.3) is 0 Å².